The Morgan fingerprint density at radius 2 is 1.74 bits per heavy atom. The molecule has 0 amide bonds. The minimum absolute atomic E-state index is 0.650. The lowest BCUT2D eigenvalue weighted by molar-refractivity contribution is -0.659. The largest absolute Gasteiger partial charge is 0.455 e. The molecule has 1 saturated carbocycles. The van der Waals surface area contributed by atoms with E-state index in [4.69, 9.17) is 4.74 Å². The third-order valence-electron chi connectivity index (χ3n) is 8.19. The molecule has 1 aliphatic carbocycles. The lowest BCUT2D eigenvalue weighted by Crippen LogP contribution is -2.32. The van der Waals surface area contributed by atoms with Gasteiger partial charge < -0.3 is 4.74 Å². The van der Waals surface area contributed by atoms with Crippen LogP contribution in [-0.2, 0) is 19.9 Å². The number of ether oxygens (including phenoxy) is 1. The summed E-state index contributed by atoms with van der Waals surface area (Å²) in [5, 5.41) is 5.23. The van der Waals surface area contributed by atoms with Crippen molar-refractivity contribution in [2.45, 2.75) is 66.2 Å². The minimum atomic E-state index is 0.650. The van der Waals surface area contributed by atoms with Crippen molar-refractivity contribution in [2.75, 3.05) is 0 Å². The molecule has 0 spiro atoms. The first-order chi connectivity index (χ1) is 16.4. The van der Waals surface area contributed by atoms with Crippen LogP contribution in [0.15, 0.2) is 42.6 Å². The Morgan fingerprint density at radius 1 is 0.941 bits per heavy atom. The van der Waals surface area contributed by atoms with E-state index >= 15 is 0 Å². The topological polar surface area (TPSA) is 13.1 Å². The summed E-state index contributed by atoms with van der Waals surface area (Å²) in [7, 11) is 2.17. The molecular formula is C32H36NO+. The molecule has 2 nitrogen and oxygen atoms in total. The minimum Gasteiger partial charge on any atom is -0.455 e. The molecule has 3 aromatic carbocycles. The highest BCUT2D eigenvalue weighted by atomic mass is 16.5. The van der Waals surface area contributed by atoms with Crippen LogP contribution in [-0.4, -0.2) is 0 Å². The lowest BCUT2D eigenvalue weighted by atomic mass is 9.87. The third kappa shape index (κ3) is 3.42. The molecule has 174 valence electrons. The van der Waals surface area contributed by atoms with Crippen LogP contribution in [0.4, 0.5) is 0 Å². The summed E-state index contributed by atoms with van der Waals surface area (Å²) in [6, 6.07) is 14.0. The molecule has 0 radical (unpaired) electrons. The summed E-state index contributed by atoms with van der Waals surface area (Å²) >= 11 is 0. The number of hydrogen-bond acceptors (Lipinski definition) is 1. The summed E-state index contributed by atoms with van der Waals surface area (Å²) in [5.41, 5.74) is 7.96. The molecule has 2 aliphatic rings. The van der Waals surface area contributed by atoms with E-state index in [1.807, 2.05) is 0 Å². The van der Waals surface area contributed by atoms with Crippen molar-refractivity contribution in [1.82, 2.24) is 0 Å². The fraction of sp³-hybridized carbons (Fsp3) is 0.406. The van der Waals surface area contributed by atoms with Gasteiger partial charge >= 0.3 is 0 Å². The Morgan fingerprint density at radius 3 is 2.50 bits per heavy atom. The molecule has 0 bridgehead atoms. The van der Waals surface area contributed by atoms with Crippen LogP contribution in [0.25, 0.3) is 32.8 Å². The maximum atomic E-state index is 6.81. The number of hydrogen-bond donors (Lipinski definition) is 0. The molecule has 1 aliphatic heterocycles. The maximum absolute atomic E-state index is 6.81. The monoisotopic (exact) mass is 450 g/mol. The van der Waals surface area contributed by atoms with Gasteiger partial charge in [0.15, 0.2) is 6.20 Å². The standard InChI is InChI=1S/C32H36NO/c1-19(2)14-23-10-11-26-21(4)32-29(20(3)27(26)17-23)31-30-25(12-13-33(31)5)16-24(18-28(30)34-32)15-22-8-6-7-9-22/h10-13,16-19,22H,6-9,14-15H2,1-5H3/q+1. The van der Waals surface area contributed by atoms with E-state index in [9.17, 15) is 0 Å². The van der Waals surface area contributed by atoms with E-state index in [1.165, 1.54) is 87.2 Å². The Kier molecular flexibility index (Phi) is 5.17. The zero-order valence-electron chi connectivity index (χ0n) is 21.3. The van der Waals surface area contributed by atoms with Crippen molar-refractivity contribution >= 4 is 21.5 Å². The van der Waals surface area contributed by atoms with Crippen LogP contribution < -0.4 is 9.30 Å². The van der Waals surface area contributed by atoms with Crippen LogP contribution in [0, 0.1) is 25.7 Å². The second kappa shape index (κ2) is 8.12. The van der Waals surface area contributed by atoms with Gasteiger partial charge in [-0.05, 0) is 77.4 Å². The smallest absolute Gasteiger partial charge is 0.228 e. The van der Waals surface area contributed by atoms with Gasteiger partial charge in [0.1, 0.15) is 18.5 Å². The summed E-state index contributed by atoms with van der Waals surface area (Å²) < 4.78 is 9.10. The number of rotatable bonds is 4. The first-order valence-corrected chi connectivity index (χ1v) is 13.1. The molecule has 2 heteroatoms. The summed E-state index contributed by atoms with van der Waals surface area (Å²) in [5.74, 6) is 3.54. The molecular weight excluding hydrogens is 414 g/mol. The highest BCUT2D eigenvalue weighted by molar-refractivity contribution is 6.06. The van der Waals surface area contributed by atoms with Crippen LogP contribution in [0.5, 0.6) is 11.5 Å². The van der Waals surface area contributed by atoms with Gasteiger partial charge in [0.25, 0.3) is 0 Å². The average molecular weight is 451 g/mol. The van der Waals surface area contributed by atoms with Gasteiger partial charge in [-0.25, -0.2) is 4.57 Å². The summed E-state index contributed by atoms with van der Waals surface area (Å²) in [4.78, 5) is 0. The van der Waals surface area contributed by atoms with Crippen LogP contribution in [0.2, 0.25) is 0 Å². The number of benzene rings is 3. The quantitative estimate of drug-likeness (QED) is 0.252. The maximum Gasteiger partial charge on any atom is 0.228 e. The Hall–Kier alpha value is -2.87. The number of pyridine rings is 1. The molecule has 4 aromatic rings. The van der Waals surface area contributed by atoms with Gasteiger partial charge in [-0.3, -0.25) is 0 Å². The number of aromatic nitrogens is 1. The molecule has 2 heterocycles. The molecule has 1 aromatic heterocycles. The fourth-order valence-electron chi connectivity index (χ4n) is 6.54. The van der Waals surface area contributed by atoms with Crippen molar-refractivity contribution in [1.29, 1.82) is 0 Å². The van der Waals surface area contributed by atoms with E-state index in [-0.39, 0.29) is 0 Å². The predicted octanol–water partition coefficient (Wildman–Crippen LogP) is 8.14. The van der Waals surface area contributed by atoms with Crippen molar-refractivity contribution in [3.63, 3.8) is 0 Å². The molecule has 0 unspecified atom stereocenters. The highest BCUT2D eigenvalue weighted by Crippen LogP contribution is 2.50. The van der Waals surface area contributed by atoms with E-state index < -0.39 is 0 Å². The number of nitrogens with zero attached hydrogens (tertiary/aromatic N) is 1. The Bertz CT molecular complexity index is 1440. The fourth-order valence-corrected chi connectivity index (χ4v) is 6.54. The summed E-state index contributed by atoms with van der Waals surface area (Å²) in [6.45, 7) is 9.10. The average Bonchev–Trinajstić information content (AvgIpc) is 3.31. The first kappa shape index (κ1) is 21.6. The molecule has 0 saturated heterocycles. The van der Waals surface area contributed by atoms with Crippen molar-refractivity contribution < 1.29 is 9.30 Å². The van der Waals surface area contributed by atoms with Crippen LogP contribution in [0.1, 0.15) is 61.8 Å². The molecule has 6 rings (SSSR count). The highest BCUT2D eigenvalue weighted by Gasteiger charge is 2.32. The van der Waals surface area contributed by atoms with Crippen molar-refractivity contribution in [3.05, 3.63) is 64.8 Å². The van der Waals surface area contributed by atoms with E-state index in [0.29, 0.717) is 5.92 Å². The van der Waals surface area contributed by atoms with Crippen molar-refractivity contribution in [2.24, 2.45) is 18.9 Å². The Labute approximate surface area is 203 Å². The van der Waals surface area contributed by atoms with E-state index in [2.05, 4.69) is 81.9 Å². The number of fused-ring (bicyclic) bond motifs is 3. The molecule has 34 heavy (non-hydrogen) atoms. The van der Waals surface area contributed by atoms with Crippen LogP contribution >= 0.6 is 0 Å². The SMILES string of the molecule is Cc1c2c(c(C)c3cc(CC(C)C)ccc13)-c1c3c(cc(CC4CCCC4)cc3cc[n+]1C)O2. The molecule has 0 N–H and O–H groups in total. The van der Waals surface area contributed by atoms with Gasteiger partial charge in [-0.15, -0.1) is 0 Å². The first-order valence-electron chi connectivity index (χ1n) is 13.1. The predicted molar refractivity (Wildman–Crippen MR) is 142 cm³/mol. The molecule has 1 fully saturated rings. The normalized spacial score (nSPS) is 15.4. The van der Waals surface area contributed by atoms with Gasteiger partial charge in [-0.2, -0.15) is 0 Å². The van der Waals surface area contributed by atoms with Crippen LogP contribution in [0.3, 0.4) is 0 Å². The zero-order chi connectivity index (χ0) is 23.6. The van der Waals surface area contributed by atoms with E-state index in [0.717, 1.165) is 23.8 Å². The van der Waals surface area contributed by atoms with Crippen molar-refractivity contribution in [3.8, 4) is 22.8 Å². The lowest BCUT2D eigenvalue weighted by Gasteiger charge is -2.25. The third-order valence-corrected chi connectivity index (χ3v) is 8.19. The second-order valence-electron chi connectivity index (χ2n) is 11.2. The van der Waals surface area contributed by atoms with Gasteiger partial charge in [0.2, 0.25) is 5.69 Å². The number of aryl methyl sites for hydroxylation is 3. The van der Waals surface area contributed by atoms with E-state index in [1.54, 1.807) is 0 Å². The zero-order valence-corrected chi connectivity index (χ0v) is 21.3. The van der Waals surface area contributed by atoms with Gasteiger partial charge in [-0.1, -0.05) is 63.8 Å². The molecule has 0 atom stereocenters. The Balaban J connectivity index is 1.58. The van der Waals surface area contributed by atoms with Gasteiger partial charge in [0, 0.05) is 11.6 Å². The second-order valence-corrected chi connectivity index (χ2v) is 11.2. The van der Waals surface area contributed by atoms with Gasteiger partial charge in [0.05, 0.1) is 10.9 Å². The summed E-state index contributed by atoms with van der Waals surface area (Å²) in [6.07, 6.45) is 10.0.